The van der Waals surface area contributed by atoms with E-state index in [2.05, 4.69) is 30.1 Å². The maximum absolute atomic E-state index is 12.8. The number of thiazole rings is 1. The smallest absolute Gasteiger partial charge is 0.267 e. The SMILES string of the molecule is Cc1nc2ccccn2c1-c1cnc(Nc2ccc(C(=O)Nc3nn(-c4ccccc4)cc3N)s2)s1. The lowest BCUT2D eigenvalue weighted by molar-refractivity contribution is 0.103. The van der Waals surface area contributed by atoms with Crippen LogP contribution in [0.1, 0.15) is 15.4 Å². The van der Waals surface area contributed by atoms with Crippen molar-refractivity contribution in [1.82, 2.24) is 24.1 Å². The number of fused-ring (bicyclic) bond motifs is 1. The van der Waals surface area contributed by atoms with E-state index in [9.17, 15) is 4.79 Å². The zero-order valence-electron chi connectivity index (χ0n) is 19.0. The van der Waals surface area contributed by atoms with Crippen LogP contribution >= 0.6 is 22.7 Å². The number of hydrogen-bond donors (Lipinski definition) is 3. The van der Waals surface area contributed by atoms with Gasteiger partial charge in [-0.1, -0.05) is 35.6 Å². The van der Waals surface area contributed by atoms with E-state index in [1.807, 2.05) is 73.9 Å². The number of nitrogens with two attached hydrogens (primary N) is 1. The van der Waals surface area contributed by atoms with Crippen molar-refractivity contribution in [3.8, 4) is 16.3 Å². The van der Waals surface area contributed by atoms with Gasteiger partial charge in [-0.3, -0.25) is 9.20 Å². The lowest BCUT2D eigenvalue weighted by Gasteiger charge is -2.01. The molecule has 6 aromatic rings. The summed E-state index contributed by atoms with van der Waals surface area (Å²) in [4.78, 5) is 23.5. The Kier molecular flexibility index (Phi) is 5.47. The molecular weight excluding hydrogens is 492 g/mol. The number of nitrogen functional groups attached to an aromatic ring is 1. The summed E-state index contributed by atoms with van der Waals surface area (Å²) in [7, 11) is 0. The van der Waals surface area contributed by atoms with Crippen LogP contribution in [0.25, 0.3) is 21.9 Å². The number of amides is 1. The molecule has 11 heteroatoms. The Morgan fingerprint density at radius 1 is 1.03 bits per heavy atom. The normalized spacial score (nSPS) is 11.1. The largest absolute Gasteiger partial charge is 0.394 e. The highest BCUT2D eigenvalue weighted by atomic mass is 32.1. The van der Waals surface area contributed by atoms with Gasteiger partial charge < -0.3 is 16.4 Å². The zero-order chi connectivity index (χ0) is 24.6. The maximum atomic E-state index is 12.8. The second-order valence-electron chi connectivity index (χ2n) is 7.96. The highest BCUT2D eigenvalue weighted by Crippen LogP contribution is 2.34. The van der Waals surface area contributed by atoms with Gasteiger partial charge >= 0.3 is 0 Å². The number of thiophene rings is 1. The number of benzene rings is 1. The van der Waals surface area contributed by atoms with Crippen molar-refractivity contribution in [2.24, 2.45) is 0 Å². The summed E-state index contributed by atoms with van der Waals surface area (Å²) in [5.41, 5.74) is 10.2. The van der Waals surface area contributed by atoms with E-state index in [1.165, 1.54) is 22.7 Å². The average molecular weight is 513 g/mol. The Morgan fingerprint density at radius 3 is 2.72 bits per heavy atom. The van der Waals surface area contributed by atoms with E-state index < -0.39 is 0 Å². The van der Waals surface area contributed by atoms with Crippen LogP contribution in [-0.2, 0) is 0 Å². The summed E-state index contributed by atoms with van der Waals surface area (Å²) >= 11 is 2.86. The second-order valence-corrected chi connectivity index (χ2v) is 10.1. The number of imidazole rings is 1. The summed E-state index contributed by atoms with van der Waals surface area (Å²) in [6.45, 7) is 2.00. The number of carbonyl (C=O) groups is 1. The Labute approximate surface area is 213 Å². The third kappa shape index (κ3) is 4.10. The molecule has 0 atom stereocenters. The van der Waals surface area contributed by atoms with Gasteiger partial charge in [-0.05, 0) is 43.3 Å². The molecule has 0 aliphatic carbocycles. The molecule has 4 N–H and O–H groups in total. The fraction of sp³-hybridized carbons (Fsp3) is 0.0400. The van der Waals surface area contributed by atoms with Crippen LogP contribution in [0.3, 0.4) is 0 Å². The van der Waals surface area contributed by atoms with E-state index in [0.717, 1.165) is 37.7 Å². The van der Waals surface area contributed by atoms with Crippen LogP contribution in [0.4, 0.5) is 21.6 Å². The van der Waals surface area contributed by atoms with Crippen LogP contribution in [0, 0.1) is 6.92 Å². The maximum Gasteiger partial charge on any atom is 0.267 e. The fourth-order valence-corrected chi connectivity index (χ4v) is 5.64. The minimum Gasteiger partial charge on any atom is -0.394 e. The third-order valence-corrected chi connectivity index (χ3v) is 7.42. The number of para-hydroxylation sites is 1. The molecule has 0 saturated carbocycles. The Bertz CT molecular complexity index is 1700. The van der Waals surface area contributed by atoms with Gasteiger partial charge in [0.15, 0.2) is 10.9 Å². The van der Waals surface area contributed by atoms with Crippen molar-refractivity contribution in [2.45, 2.75) is 6.92 Å². The number of anilines is 4. The highest BCUT2D eigenvalue weighted by Gasteiger charge is 2.17. The van der Waals surface area contributed by atoms with Crippen molar-refractivity contribution in [2.75, 3.05) is 16.4 Å². The molecule has 36 heavy (non-hydrogen) atoms. The van der Waals surface area contributed by atoms with E-state index >= 15 is 0 Å². The van der Waals surface area contributed by atoms with Gasteiger partial charge in [0, 0.05) is 12.4 Å². The molecular formula is C25H20N8OS2. The van der Waals surface area contributed by atoms with Gasteiger partial charge in [0.2, 0.25) is 0 Å². The number of rotatable bonds is 6. The number of nitrogens with one attached hydrogen (secondary N) is 2. The molecule has 1 aromatic carbocycles. The number of aryl methyl sites for hydroxylation is 1. The summed E-state index contributed by atoms with van der Waals surface area (Å²) in [6, 6.07) is 19.1. The number of pyridine rings is 1. The predicted molar refractivity (Wildman–Crippen MR) is 145 cm³/mol. The molecule has 0 bridgehead atoms. The topological polar surface area (TPSA) is 115 Å². The van der Waals surface area contributed by atoms with E-state index in [4.69, 9.17) is 5.73 Å². The number of carbonyl (C=O) groups excluding carboxylic acids is 1. The molecule has 0 aliphatic rings. The lowest BCUT2D eigenvalue weighted by Crippen LogP contribution is -2.12. The number of nitrogens with zero attached hydrogens (tertiary/aromatic N) is 5. The fourth-order valence-electron chi connectivity index (χ4n) is 3.85. The van der Waals surface area contributed by atoms with Crippen molar-refractivity contribution < 1.29 is 4.79 Å². The molecule has 0 unspecified atom stereocenters. The summed E-state index contributed by atoms with van der Waals surface area (Å²) in [6.07, 6.45) is 5.51. The van der Waals surface area contributed by atoms with Crippen molar-refractivity contribution in [1.29, 1.82) is 0 Å². The second kappa shape index (κ2) is 8.95. The molecule has 1 amide bonds. The third-order valence-electron chi connectivity index (χ3n) is 5.50. The van der Waals surface area contributed by atoms with Crippen molar-refractivity contribution in [3.05, 3.63) is 89.8 Å². The van der Waals surface area contributed by atoms with Gasteiger partial charge in [-0.2, -0.15) is 0 Å². The first-order chi connectivity index (χ1) is 17.5. The van der Waals surface area contributed by atoms with Gasteiger partial charge in [0.1, 0.15) is 5.65 Å². The Hall–Kier alpha value is -4.48. The average Bonchev–Trinajstić information content (AvgIpc) is 3.67. The molecule has 0 spiro atoms. The molecule has 6 rings (SSSR count). The Morgan fingerprint density at radius 2 is 1.86 bits per heavy atom. The van der Waals surface area contributed by atoms with Crippen molar-refractivity contribution in [3.63, 3.8) is 0 Å². The minimum atomic E-state index is -0.278. The quantitative estimate of drug-likeness (QED) is 0.268. The van der Waals surface area contributed by atoms with E-state index in [0.29, 0.717) is 16.4 Å². The first-order valence-corrected chi connectivity index (χ1v) is 12.7. The Balaban J connectivity index is 1.17. The standard InChI is InChI=1S/C25H20N8OS2/c1-15-22(32-12-6-5-9-20(32)28-15)19-13-27-25(36-19)29-21-11-10-18(35-21)24(34)30-23-17(26)14-33(31-23)16-7-3-2-4-8-16/h2-14H,26H2,1H3,(H,27,29)(H,30,31,34). The van der Waals surface area contributed by atoms with Crippen LogP contribution in [-0.4, -0.2) is 30.1 Å². The van der Waals surface area contributed by atoms with E-state index in [-0.39, 0.29) is 5.91 Å². The molecule has 0 radical (unpaired) electrons. The van der Waals surface area contributed by atoms with Crippen LogP contribution < -0.4 is 16.4 Å². The zero-order valence-corrected chi connectivity index (χ0v) is 20.7. The van der Waals surface area contributed by atoms with Gasteiger partial charge in [0.05, 0.1) is 43.7 Å². The van der Waals surface area contributed by atoms with Crippen LogP contribution in [0.5, 0.6) is 0 Å². The molecule has 0 saturated heterocycles. The molecule has 9 nitrogen and oxygen atoms in total. The lowest BCUT2D eigenvalue weighted by atomic mass is 10.3. The molecule has 0 aliphatic heterocycles. The monoisotopic (exact) mass is 512 g/mol. The van der Waals surface area contributed by atoms with Gasteiger partial charge in [-0.25, -0.2) is 14.6 Å². The molecule has 5 aromatic heterocycles. The van der Waals surface area contributed by atoms with Crippen LogP contribution in [0.15, 0.2) is 79.3 Å². The summed E-state index contributed by atoms with van der Waals surface area (Å²) in [5.74, 6) is 0.0407. The summed E-state index contributed by atoms with van der Waals surface area (Å²) in [5, 5.41) is 12.1. The molecule has 5 heterocycles. The first-order valence-electron chi connectivity index (χ1n) is 11.0. The number of hydrogen-bond acceptors (Lipinski definition) is 8. The summed E-state index contributed by atoms with van der Waals surface area (Å²) < 4.78 is 3.70. The van der Waals surface area contributed by atoms with Crippen LogP contribution in [0.2, 0.25) is 0 Å². The van der Waals surface area contributed by atoms with Gasteiger partial charge in [0.25, 0.3) is 5.91 Å². The molecule has 0 fully saturated rings. The minimum absolute atomic E-state index is 0.278. The number of aromatic nitrogens is 5. The highest BCUT2D eigenvalue weighted by molar-refractivity contribution is 7.20. The van der Waals surface area contributed by atoms with Gasteiger partial charge in [-0.15, -0.1) is 16.4 Å². The van der Waals surface area contributed by atoms with E-state index in [1.54, 1.807) is 16.9 Å². The van der Waals surface area contributed by atoms with Crippen molar-refractivity contribution >= 4 is 55.9 Å². The molecule has 178 valence electrons. The first kappa shape index (κ1) is 22.0. The predicted octanol–water partition coefficient (Wildman–Crippen LogP) is 5.59.